The molecule has 1 saturated heterocycles. The van der Waals surface area contributed by atoms with Gasteiger partial charge in [-0.15, -0.1) is 0 Å². The lowest BCUT2D eigenvalue weighted by Gasteiger charge is -2.30. The van der Waals surface area contributed by atoms with Crippen LogP contribution in [-0.4, -0.2) is 75.5 Å². The van der Waals surface area contributed by atoms with E-state index in [1.807, 2.05) is 6.92 Å². The molecule has 1 fully saturated rings. The van der Waals surface area contributed by atoms with Crippen LogP contribution in [0.5, 0.6) is 0 Å². The highest BCUT2D eigenvalue weighted by Gasteiger charge is 2.39. The van der Waals surface area contributed by atoms with E-state index in [1.54, 1.807) is 37.3 Å². The third-order valence-electron chi connectivity index (χ3n) is 6.24. The van der Waals surface area contributed by atoms with E-state index >= 15 is 0 Å². The van der Waals surface area contributed by atoms with Crippen molar-refractivity contribution in [3.05, 3.63) is 35.9 Å². The minimum absolute atomic E-state index is 0.112. The molecule has 5 atom stereocenters. The highest BCUT2D eigenvalue weighted by molar-refractivity contribution is 5.95. The molecule has 0 aliphatic carbocycles. The number of rotatable bonds is 12. The summed E-state index contributed by atoms with van der Waals surface area (Å²) in [6, 6.07) is 4.53. The van der Waals surface area contributed by atoms with Crippen LogP contribution in [0, 0.1) is 5.92 Å². The van der Waals surface area contributed by atoms with Crippen molar-refractivity contribution in [1.29, 1.82) is 0 Å². The fourth-order valence-corrected chi connectivity index (χ4v) is 4.05. The van der Waals surface area contributed by atoms with Crippen molar-refractivity contribution in [2.75, 3.05) is 6.54 Å². The van der Waals surface area contributed by atoms with Crippen LogP contribution in [0.1, 0.15) is 45.1 Å². The first-order valence-electron chi connectivity index (χ1n) is 11.7. The summed E-state index contributed by atoms with van der Waals surface area (Å²) in [6.07, 6.45) is 0.955. The van der Waals surface area contributed by atoms with Crippen molar-refractivity contribution in [2.24, 2.45) is 11.7 Å². The molecule has 6 N–H and O–H groups in total. The van der Waals surface area contributed by atoms with Gasteiger partial charge >= 0.3 is 11.9 Å². The molecule has 192 valence electrons. The summed E-state index contributed by atoms with van der Waals surface area (Å²) in [5.74, 6) is -4.56. The quantitative estimate of drug-likeness (QED) is 0.274. The number of hydrogen-bond acceptors (Lipinski definition) is 6. The van der Waals surface area contributed by atoms with E-state index in [0.717, 1.165) is 5.56 Å². The van der Waals surface area contributed by atoms with E-state index < -0.39 is 60.2 Å². The zero-order valence-corrected chi connectivity index (χ0v) is 20.0. The number of carbonyl (C=O) groups excluding carboxylic acids is 3. The number of nitrogens with one attached hydrogen (secondary N) is 2. The zero-order chi connectivity index (χ0) is 26.1. The summed E-state index contributed by atoms with van der Waals surface area (Å²) < 4.78 is 0. The summed E-state index contributed by atoms with van der Waals surface area (Å²) in [5.41, 5.74) is 6.43. The fraction of sp³-hybridized carbons (Fsp3) is 0.542. The average molecular weight is 491 g/mol. The minimum Gasteiger partial charge on any atom is -0.481 e. The van der Waals surface area contributed by atoms with Gasteiger partial charge in [-0.1, -0.05) is 50.6 Å². The second kappa shape index (κ2) is 12.8. The highest BCUT2D eigenvalue weighted by atomic mass is 16.4. The van der Waals surface area contributed by atoms with Crippen molar-refractivity contribution >= 4 is 29.7 Å². The number of benzene rings is 1. The number of likely N-dealkylation sites (tertiary alicyclic amines) is 1. The van der Waals surface area contributed by atoms with E-state index in [-0.39, 0.29) is 18.9 Å². The molecule has 2 rings (SSSR count). The van der Waals surface area contributed by atoms with Gasteiger partial charge in [-0.3, -0.25) is 19.2 Å². The van der Waals surface area contributed by atoms with Crippen molar-refractivity contribution in [3.63, 3.8) is 0 Å². The Morgan fingerprint density at radius 3 is 2.34 bits per heavy atom. The second-order valence-corrected chi connectivity index (χ2v) is 8.85. The molecule has 1 aliphatic rings. The zero-order valence-electron chi connectivity index (χ0n) is 20.0. The first kappa shape index (κ1) is 27.8. The van der Waals surface area contributed by atoms with Crippen LogP contribution in [-0.2, 0) is 30.4 Å². The van der Waals surface area contributed by atoms with E-state index in [9.17, 15) is 29.1 Å². The Balaban J connectivity index is 2.22. The number of amides is 3. The van der Waals surface area contributed by atoms with Crippen molar-refractivity contribution in [3.8, 4) is 0 Å². The van der Waals surface area contributed by atoms with Crippen molar-refractivity contribution in [2.45, 2.75) is 70.1 Å². The van der Waals surface area contributed by atoms with Gasteiger partial charge < -0.3 is 31.5 Å². The van der Waals surface area contributed by atoms with Crippen molar-refractivity contribution < 1.29 is 34.2 Å². The largest absolute Gasteiger partial charge is 0.481 e. The highest BCUT2D eigenvalue weighted by Crippen LogP contribution is 2.21. The molecule has 0 radical (unpaired) electrons. The predicted octanol–water partition coefficient (Wildman–Crippen LogP) is 0.122. The second-order valence-electron chi connectivity index (χ2n) is 8.85. The summed E-state index contributed by atoms with van der Waals surface area (Å²) >= 11 is 0. The topological polar surface area (TPSA) is 179 Å². The molecule has 5 unspecified atom stereocenters. The van der Waals surface area contributed by atoms with Gasteiger partial charge in [0.1, 0.15) is 18.1 Å². The van der Waals surface area contributed by atoms with E-state index in [0.29, 0.717) is 19.3 Å². The number of nitrogens with two attached hydrogens (primary N) is 1. The van der Waals surface area contributed by atoms with Gasteiger partial charge in [0.2, 0.25) is 17.7 Å². The lowest BCUT2D eigenvalue weighted by Crippen LogP contribution is -2.58. The van der Waals surface area contributed by atoms with Gasteiger partial charge in [-0.2, -0.15) is 0 Å². The van der Waals surface area contributed by atoms with E-state index in [4.69, 9.17) is 10.8 Å². The molecular weight excluding hydrogens is 456 g/mol. The van der Waals surface area contributed by atoms with Gasteiger partial charge in [0.15, 0.2) is 0 Å². The maximum atomic E-state index is 13.5. The summed E-state index contributed by atoms with van der Waals surface area (Å²) in [7, 11) is 0. The molecule has 3 amide bonds. The Labute approximate surface area is 204 Å². The molecule has 1 heterocycles. The Bertz CT molecular complexity index is 924. The number of aliphatic carboxylic acids is 2. The molecule has 1 aromatic rings. The normalized spacial score (nSPS) is 18.7. The van der Waals surface area contributed by atoms with Gasteiger partial charge in [0, 0.05) is 13.0 Å². The van der Waals surface area contributed by atoms with Crippen LogP contribution in [0.2, 0.25) is 0 Å². The molecule has 1 aromatic carbocycles. The maximum absolute atomic E-state index is 13.5. The first-order chi connectivity index (χ1) is 16.5. The minimum atomic E-state index is -1.34. The lowest BCUT2D eigenvalue weighted by atomic mass is 9.98. The molecule has 0 aromatic heterocycles. The fourth-order valence-electron chi connectivity index (χ4n) is 4.05. The summed E-state index contributed by atoms with van der Waals surface area (Å²) in [6.45, 7) is 3.81. The van der Waals surface area contributed by atoms with Crippen LogP contribution in [0.3, 0.4) is 0 Å². The van der Waals surface area contributed by atoms with Crippen molar-refractivity contribution in [1.82, 2.24) is 15.5 Å². The third kappa shape index (κ3) is 7.78. The Hall–Kier alpha value is -3.47. The number of hydrogen-bond donors (Lipinski definition) is 5. The van der Waals surface area contributed by atoms with Crippen LogP contribution in [0.25, 0.3) is 0 Å². The molecule has 11 nitrogen and oxygen atoms in total. The van der Waals surface area contributed by atoms with Gasteiger partial charge in [0.25, 0.3) is 0 Å². The first-order valence-corrected chi connectivity index (χ1v) is 11.7. The smallest absolute Gasteiger partial charge is 0.326 e. The average Bonchev–Trinajstić information content (AvgIpc) is 3.31. The molecule has 0 bridgehead atoms. The predicted molar refractivity (Wildman–Crippen MR) is 126 cm³/mol. The number of nitrogens with zero attached hydrogens (tertiary/aromatic N) is 1. The number of carbonyl (C=O) groups is 5. The molecule has 1 aliphatic heterocycles. The van der Waals surface area contributed by atoms with Crippen LogP contribution in [0.4, 0.5) is 0 Å². The molecule has 35 heavy (non-hydrogen) atoms. The number of carboxylic acid groups (broad SMARTS) is 2. The summed E-state index contributed by atoms with van der Waals surface area (Å²) in [4.78, 5) is 63.0. The molecule has 0 saturated carbocycles. The van der Waals surface area contributed by atoms with Gasteiger partial charge in [-0.05, 0) is 24.3 Å². The SMILES string of the molecule is CCC(C)C(NC(=O)C1CCCN1C(=O)C(Cc1ccccc1)NC(=O)C(N)CC(=O)O)C(=O)O. The van der Waals surface area contributed by atoms with Gasteiger partial charge in [-0.25, -0.2) is 4.79 Å². The monoisotopic (exact) mass is 490 g/mol. The van der Waals surface area contributed by atoms with Crippen LogP contribution in [0.15, 0.2) is 30.3 Å². The molecule has 0 spiro atoms. The summed E-state index contributed by atoms with van der Waals surface area (Å²) in [5, 5.41) is 23.5. The van der Waals surface area contributed by atoms with Crippen LogP contribution < -0.4 is 16.4 Å². The Morgan fingerprint density at radius 2 is 1.77 bits per heavy atom. The van der Waals surface area contributed by atoms with Gasteiger partial charge in [0.05, 0.1) is 12.5 Å². The third-order valence-corrected chi connectivity index (χ3v) is 6.24. The van der Waals surface area contributed by atoms with E-state index in [2.05, 4.69) is 10.6 Å². The Morgan fingerprint density at radius 1 is 1.11 bits per heavy atom. The maximum Gasteiger partial charge on any atom is 0.326 e. The Kier molecular flexibility index (Phi) is 10.2. The lowest BCUT2D eigenvalue weighted by molar-refractivity contribution is -0.146. The molecular formula is C24H34N4O7. The number of carboxylic acids is 2. The van der Waals surface area contributed by atoms with Crippen LogP contribution >= 0.6 is 0 Å². The molecule has 11 heteroatoms. The standard InChI is InChI=1S/C24H34N4O7/c1-3-14(2)20(24(34)35)27-22(32)18-10-7-11-28(18)23(33)17(12-15-8-5-4-6-9-15)26-21(31)16(25)13-19(29)30/h4-6,8-9,14,16-18,20H,3,7,10-13,25H2,1-2H3,(H,26,31)(H,27,32)(H,29,30)(H,34,35). The van der Waals surface area contributed by atoms with E-state index in [1.165, 1.54) is 4.90 Å².